The van der Waals surface area contributed by atoms with Gasteiger partial charge in [-0.3, -0.25) is 9.59 Å². The molecule has 0 aromatic rings. The lowest BCUT2D eigenvalue weighted by atomic mass is 10.1. The van der Waals surface area contributed by atoms with Crippen LogP contribution in [0.4, 0.5) is 0 Å². The summed E-state index contributed by atoms with van der Waals surface area (Å²) < 4.78 is 0. The summed E-state index contributed by atoms with van der Waals surface area (Å²) in [7, 11) is 0. The summed E-state index contributed by atoms with van der Waals surface area (Å²) in [4.78, 5) is 25.9. The van der Waals surface area contributed by atoms with Crippen LogP contribution in [-0.4, -0.2) is 48.4 Å². The van der Waals surface area contributed by atoms with Crippen molar-refractivity contribution in [3.05, 3.63) is 0 Å². The Hall–Kier alpha value is -1.10. The first-order valence-corrected chi connectivity index (χ1v) is 7.01. The fourth-order valence-corrected chi connectivity index (χ4v) is 2.67. The highest BCUT2D eigenvalue weighted by Crippen LogP contribution is 2.10. The van der Waals surface area contributed by atoms with Crippen LogP contribution in [0.25, 0.3) is 0 Å². The van der Waals surface area contributed by atoms with Crippen LogP contribution in [0.2, 0.25) is 0 Å². The van der Waals surface area contributed by atoms with E-state index in [1.807, 2.05) is 4.90 Å². The van der Waals surface area contributed by atoms with E-state index < -0.39 is 6.04 Å². The monoisotopic (exact) mass is 253 g/mol. The van der Waals surface area contributed by atoms with Crippen LogP contribution in [0.1, 0.15) is 39.0 Å². The van der Waals surface area contributed by atoms with Gasteiger partial charge in [-0.2, -0.15) is 0 Å². The van der Waals surface area contributed by atoms with Crippen molar-refractivity contribution in [3.8, 4) is 0 Å². The van der Waals surface area contributed by atoms with E-state index in [9.17, 15) is 9.59 Å². The van der Waals surface area contributed by atoms with Crippen molar-refractivity contribution >= 4 is 11.8 Å². The van der Waals surface area contributed by atoms with Gasteiger partial charge in [0.1, 0.15) is 6.04 Å². The van der Waals surface area contributed by atoms with Gasteiger partial charge < -0.3 is 15.5 Å². The van der Waals surface area contributed by atoms with Gasteiger partial charge in [0, 0.05) is 13.1 Å². The molecule has 0 aromatic carbocycles. The second kappa shape index (κ2) is 6.18. The maximum absolute atomic E-state index is 12.1. The number of nitrogens with one attached hydrogen (secondary N) is 2. The number of likely N-dealkylation sites (tertiary alicyclic amines) is 1. The number of carbonyl (C=O) groups is 2. The van der Waals surface area contributed by atoms with Crippen molar-refractivity contribution in [1.82, 2.24) is 15.5 Å². The number of hydrogen-bond donors (Lipinski definition) is 2. The summed E-state index contributed by atoms with van der Waals surface area (Å²) in [6.45, 7) is 4.35. The maximum atomic E-state index is 12.1. The largest absolute Gasteiger partial charge is 0.343 e. The van der Waals surface area contributed by atoms with Crippen molar-refractivity contribution in [2.24, 2.45) is 0 Å². The molecule has 0 spiro atoms. The van der Waals surface area contributed by atoms with E-state index in [-0.39, 0.29) is 17.9 Å². The quantitative estimate of drug-likeness (QED) is 0.758. The summed E-state index contributed by atoms with van der Waals surface area (Å²) in [6, 6.07) is -0.514. The minimum absolute atomic E-state index is 0.0367. The highest BCUT2D eigenvalue weighted by atomic mass is 16.2. The Kier molecular flexibility index (Phi) is 4.58. The van der Waals surface area contributed by atoms with Crippen molar-refractivity contribution in [3.63, 3.8) is 0 Å². The Labute approximate surface area is 108 Å². The van der Waals surface area contributed by atoms with E-state index in [1.165, 1.54) is 6.42 Å². The molecule has 1 unspecified atom stereocenters. The first-order valence-electron chi connectivity index (χ1n) is 7.01. The Morgan fingerprint density at radius 1 is 1.22 bits per heavy atom. The molecule has 2 aliphatic heterocycles. The first kappa shape index (κ1) is 13.3. The predicted octanol–water partition coefficient (Wildman–Crippen LogP) is 0.256. The van der Waals surface area contributed by atoms with Crippen molar-refractivity contribution in [1.29, 1.82) is 0 Å². The molecule has 2 atom stereocenters. The van der Waals surface area contributed by atoms with Gasteiger partial charge in [0.05, 0.1) is 6.04 Å². The molecule has 2 heterocycles. The minimum atomic E-state index is -0.405. The second-order valence-corrected chi connectivity index (χ2v) is 5.27. The van der Waals surface area contributed by atoms with Crippen LogP contribution < -0.4 is 10.6 Å². The minimum Gasteiger partial charge on any atom is -0.343 e. The molecule has 5 heteroatoms. The molecule has 0 aliphatic carbocycles. The first-order chi connectivity index (χ1) is 8.68. The molecule has 102 valence electrons. The highest BCUT2D eigenvalue weighted by molar-refractivity contribution is 5.89. The molecule has 2 saturated heterocycles. The molecular formula is C13H23N3O2. The highest BCUT2D eigenvalue weighted by Gasteiger charge is 2.27. The van der Waals surface area contributed by atoms with Gasteiger partial charge in [0.15, 0.2) is 0 Å². The van der Waals surface area contributed by atoms with E-state index in [0.717, 1.165) is 45.3 Å². The van der Waals surface area contributed by atoms with Gasteiger partial charge in [0.25, 0.3) is 0 Å². The molecule has 5 nitrogen and oxygen atoms in total. The normalized spacial score (nSPS) is 25.8. The van der Waals surface area contributed by atoms with Gasteiger partial charge in [-0.1, -0.05) is 0 Å². The third kappa shape index (κ3) is 3.22. The fraction of sp³-hybridized carbons (Fsp3) is 0.846. The zero-order valence-electron chi connectivity index (χ0n) is 11.1. The molecule has 0 saturated carbocycles. The number of rotatable bonds is 3. The van der Waals surface area contributed by atoms with Crippen molar-refractivity contribution in [2.75, 3.05) is 19.6 Å². The van der Waals surface area contributed by atoms with E-state index in [0.29, 0.717) is 0 Å². The van der Waals surface area contributed by atoms with Gasteiger partial charge >= 0.3 is 0 Å². The molecular weight excluding hydrogens is 230 g/mol. The lowest BCUT2D eigenvalue weighted by molar-refractivity contribution is -0.137. The lowest BCUT2D eigenvalue weighted by Gasteiger charge is -2.29. The van der Waals surface area contributed by atoms with E-state index in [4.69, 9.17) is 0 Å². The van der Waals surface area contributed by atoms with E-state index in [2.05, 4.69) is 10.6 Å². The SMILES string of the molecule is CC(NC(=O)[C@H]1CCCN1)C(=O)N1CCCCC1. The second-order valence-electron chi connectivity index (χ2n) is 5.27. The maximum Gasteiger partial charge on any atom is 0.244 e. The number of nitrogens with zero attached hydrogens (tertiary/aromatic N) is 1. The molecule has 0 radical (unpaired) electrons. The predicted molar refractivity (Wildman–Crippen MR) is 69.1 cm³/mol. The van der Waals surface area contributed by atoms with E-state index >= 15 is 0 Å². The smallest absolute Gasteiger partial charge is 0.244 e. The summed E-state index contributed by atoms with van der Waals surface area (Å²) in [6.07, 6.45) is 5.27. The van der Waals surface area contributed by atoms with Crippen molar-refractivity contribution in [2.45, 2.75) is 51.1 Å². The Balaban J connectivity index is 1.80. The molecule has 2 rings (SSSR count). The average molecular weight is 253 g/mol. The zero-order chi connectivity index (χ0) is 13.0. The molecule has 0 aromatic heterocycles. The topological polar surface area (TPSA) is 61.4 Å². The zero-order valence-corrected chi connectivity index (χ0v) is 11.1. The third-order valence-corrected chi connectivity index (χ3v) is 3.77. The standard InChI is InChI=1S/C13H23N3O2/c1-10(13(18)16-8-3-2-4-9-16)15-12(17)11-6-5-7-14-11/h10-11,14H,2-9H2,1H3,(H,15,17)/t10?,11-/m1/s1. The van der Waals surface area contributed by atoms with Gasteiger partial charge in [-0.25, -0.2) is 0 Å². The van der Waals surface area contributed by atoms with Gasteiger partial charge in [0.2, 0.25) is 11.8 Å². The molecule has 2 fully saturated rings. The van der Waals surface area contributed by atoms with Crippen molar-refractivity contribution < 1.29 is 9.59 Å². The summed E-state index contributed by atoms with van der Waals surface area (Å²) in [5, 5.41) is 5.97. The van der Waals surface area contributed by atoms with Crippen LogP contribution in [0.5, 0.6) is 0 Å². The summed E-state index contributed by atoms with van der Waals surface area (Å²) in [5.41, 5.74) is 0. The van der Waals surface area contributed by atoms with Crippen LogP contribution in [0.15, 0.2) is 0 Å². The lowest BCUT2D eigenvalue weighted by Crippen LogP contribution is -2.52. The molecule has 2 aliphatic rings. The number of hydrogen-bond acceptors (Lipinski definition) is 3. The fourth-order valence-electron chi connectivity index (χ4n) is 2.67. The van der Waals surface area contributed by atoms with Gasteiger partial charge in [-0.15, -0.1) is 0 Å². The molecule has 2 N–H and O–H groups in total. The van der Waals surface area contributed by atoms with Gasteiger partial charge in [-0.05, 0) is 45.6 Å². The van der Waals surface area contributed by atoms with Crippen LogP contribution in [0.3, 0.4) is 0 Å². The number of piperidine rings is 1. The average Bonchev–Trinajstić information content (AvgIpc) is 2.92. The number of carbonyl (C=O) groups excluding carboxylic acids is 2. The van der Waals surface area contributed by atoms with Crippen LogP contribution in [-0.2, 0) is 9.59 Å². The molecule has 0 bridgehead atoms. The Bertz CT molecular complexity index is 307. The molecule has 2 amide bonds. The summed E-state index contributed by atoms with van der Waals surface area (Å²) in [5.74, 6) is 0.0198. The van der Waals surface area contributed by atoms with Crippen LogP contribution in [0, 0.1) is 0 Å². The summed E-state index contributed by atoms with van der Waals surface area (Å²) >= 11 is 0. The number of amides is 2. The molecule has 18 heavy (non-hydrogen) atoms. The third-order valence-electron chi connectivity index (χ3n) is 3.77. The van der Waals surface area contributed by atoms with E-state index in [1.54, 1.807) is 6.92 Å². The Morgan fingerprint density at radius 3 is 2.56 bits per heavy atom. The Morgan fingerprint density at radius 2 is 1.94 bits per heavy atom. The van der Waals surface area contributed by atoms with Crippen LogP contribution >= 0.6 is 0 Å².